The molecule has 2 N–H and O–H groups in total. The summed E-state index contributed by atoms with van der Waals surface area (Å²) in [5.41, 5.74) is 26.1. The molecule has 0 saturated heterocycles. The van der Waals surface area contributed by atoms with E-state index in [2.05, 4.69) is 322 Å². The van der Waals surface area contributed by atoms with Crippen LogP contribution in [-0.2, 0) is 0 Å². The highest BCUT2D eigenvalue weighted by Crippen LogP contribution is 2.42. The largest absolute Gasteiger partial charge is 0.378 e. The zero-order valence-corrected chi connectivity index (χ0v) is 84.2. The minimum atomic E-state index is -1.83. The minimum Gasteiger partial charge on any atom is -0.378 e. The zero-order chi connectivity index (χ0) is 92.4. The summed E-state index contributed by atoms with van der Waals surface area (Å²) in [6, 6.07) is 23.3. The van der Waals surface area contributed by atoms with Gasteiger partial charge in [0.25, 0.3) is 0 Å². The Morgan fingerprint density at radius 3 is 0.736 bits per heavy atom. The molecule has 0 saturated carbocycles. The molecule has 6 aromatic rings. The first-order valence-corrected chi connectivity index (χ1v) is 51.2. The summed E-state index contributed by atoms with van der Waals surface area (Å²) in [4.78, 5) is 27.1. The number of hydrogen-bond donors (Lipinski definition) is 2. The van der Waals surface area contributed by atoms with Crippen LogP contribution in [0.5, 0.6) is 0 Å². The molecule has 0 aliphatic carbocycles. The molecule has 0 amide bonds. The van der Waals surface area contributed by atoms with E-state index in [1.54, 1.807) is 52.4 Å². The Balaban J connectivity index is 0.000000436. The summed E-state index contributed by atoms with van der Waals surface area (Å²) >= 11 is 2.48. The number of aliphatic hydroxyl groups is 2. The van der Waals surface area contributed by atoms with Crippen LogP contribution >= 0.6 is 22.6 Å². The lowest BCUT2D eigenvalue weighted by Gasteiger charge is -2.38. The van der Waals surface area contributed by atoms with Crippen LogP contribution in [0.2, 0.25) is 33.2 Å². The monoisotopic (exact) mass is 1810 g/mol. The number of pyridine rings is 6. The second-order valence-electron chi connectivity index (χ2n) is 34.6. The normalized spacial score (nSPS) is 11.7. The van der Waals surface area contributed by atoms with Crippen LogP contribution in [0.3, 0.4) is 0 Å². The molecule has 125 heavy (non-hydrogen) atoms. The maximum atomic E-state index is 9.91. The van der Waals surface area contributed by atoms with Crippen molar-refractivity contribution in [2.45, 2.75) is 339 Å². The van der Waals surface area contributed by atoms with Crippen LogP contribution in [-0.4, -0.2) is 67.5 Å². The van der Waals surface area contributed by atoms with Gasteiger partial charge in [-0.25, -0.2) is 29.9 Å². The average Bonchev–Trinajstić information content (AvgIpc) is 0.805. The van der Waals surface area contributed by atoms with E-state index in [9.17, 15) is 10.2 Å². The number of unbranched alkanes of at least 4 members (excludes halogenated alkanes) is 4. The lowest BCUT2D eigenvalue weighted by molar-refractivity contribution is 0.143. The fourth-order valence-electron chi connectivity index (χ4n) is 14.5. The van der Waals surface area contributed by atoms with E-state index < -0.39 is 27.3 Å². The maximum absolute atomic E-state index is 9.91. The lowest BCUT2D eigenvalue weighted by Crippen LogP contribution is -2.43. The minimum absolute atomic E-state index is 0.579. The van der Waals surface area contributed by atoms with E-state index in [1.165, 1.54) is 22.0 Å². The molecule has 0 aliphatic rings. The van der Waals surface area contributed by atoms with E-state index >= 15 is 0 Å². The number of hydrogen-bond acceptors (Lipinski definition) is 8. The molecular weight excluding hydrogens is 1670 g/mol. The van der Waals surface area contributed by atoms with E-state index in [1.807, 2.05) is 79.3 Å². The quantitative estimate of drug-likeness (QED) is 0.0313. The standard InChI is InChI=1S/C57H69N3OSi.C30H30N2O.C27H40INSi/c1-13-17-21-52(51(20-16-4)29-24-48-26-34-56(60-42-48)38-40-62(44(5)6,45(7)8)46(9)10)30-35-54-32-25-47(41-58-54)23-28-50(19-15-3)53(22-18-14-2)31-36-55-33-27-49(43-59-55)37-39-57(11,12)61;1-6-9-11-27(16-19-29-18-14-25(23-32-29)20-21-30(4,5)33)26(10-7-2)15-12-24-13-17-28(8-3)31-22-24;1-9-11-13-27(28)25(12-10-2)16-14-24-15-17-26(29-20-24)18-19-30(21(3)4,22(5)6)23(7)8/h25-27,32-34,41-46,61H,13-22H2,1-12H3;3,13-14,17-18,22-23,33H,6-7,9-11H2,1-2,4-5H3;15,17,20-23H,9-13H2,1-8H3/b52-51+,53-50+;27-26+;27-25+. The van der Waals surface area contributed by atoms with Crippen molar-refractivity contribution in [2.75, 3.05) is 0 Å². The molecule has 0 fully saturated rings. The Kier molecular flexibility index (Phi) is 49.1. The van der Waals surface area contributed by atoms with Gasteiger partial charge in [0.15, 0.2) is 0 Å². The highest BCUT2D eigenvalue weighted by molar-refractivity contribution is 14.1. The molecule has 11 heteroatoms. The van der Waals surface area contributed by atoms with Gasteiger partial charge in [-0.3, -0.25) is 0 Å². The van der Waals surface area contributed by atoms with E-state index in [0.29, 0.717) is 56.0 Å². The molecule has 6 aromatic heterocycles. The molecule has 0 radical (unpaired) electrons. The second-order valence-corrected chi connectivity index (χ2v) is 47.0. The number of nitrogens with zero attached hydrogens (tertiary/aromatic N) is 6. The molecule has 6 heterocycles. The van der Waals surface area contributed by atoms with Crippen molar-refractivity contribution in [3.05, 3.63) is 220 Å². The average molecular weight is 1810 g/mol. The third kappa shape index (κ3) is 39.0. The predicted octanol–water partition coefficient (Wildman–Crippen LogP) is 26.9. The fourth-order valence-corrected chi connectivity index (χ4v) is 25.7. The fraction of sp³-hybridized carbons (Fsp3) is 0.456. The molecule has 0 bridgehead atoms. The van der Waals surface area contributed by atoms with Crippen molar-refractivity contribution in [1.82, 2.24) is 29.9 Å². The Hall–Kier alpha value is -10.3. The van der Waals surface area contributed by atoms with Gasteiger partial charge in [0.1, 0.15) is 61.5 Å². The molecule has 0 atom stereocenters. The van der Waals surface area contributed by atoms with Crippen molar-refractivity contribution >= 4 is 38.7 Å². The first-order chi connectivity index (χ1) is 59.7. The van der Waals surface area contributed by atoms with E-state index in [-0.39, 0.29) is 0 Å². The van der Waals surface area contributed by atoms with Crippen molar-refractivity contribution < 1.29 is 10.2 Å². The van der Waals surface area contributed by atoms with Crippen molar-refractivity contribution in [3.8, 4) is 142 Å². The predicted molar refractivity (Wildman–Crippen MR) is 544 cm³/mol. The summed E-state index contributed by atoms with van der Waals surface area (Å²) in [5, 5.41) is 19.7. The van der Waals surface area contributed by atoms with Crippen molar-refractivity contribution in [3.63, 3.8) is 0 Å². The van der Waals surface area contributed by atoms with Gasteiger partial charge >= 0.3 is 0 Å². The van der Waals surface area contributed by atoms with Crippen LogP contribution in [0, 0.1) is 142 Å². The van der Waals surface area contributed by atoms with Crippen LogP contribution in [0.4, 0.5) is 0 Å². The molecule has 0 aliphatic heterocycles. The van der Waals surface area contributed by atoms with Crippen LogP contribution in [0.1, 0.15) is 362 Å². The number of terminal acetylenes is 1. The van der Waals surface area contributed by atoms with Crippen molar-refractivity contribution in [2.24, 2.45) is 0 Å². The molecule has 8 nitrogen and oxygen atoms in total. The van der Waals surface area contributed by atoms with Gasteiger partial charge < -0.3 is 10.2 Å². The summed E-state index contributed by atoms with van der Waals surface area (Å²) in [7, 11) is -3.56. The van der Waals surface area contributed by atoms with E-state index in [4.69, 9.17) is 16.4 Å². The smallest absolute Gasteiger partial charge is 0.146 e. The van der Waals surface area contributed by atoms with Gasteiger partial charge in [0.05, 0.1) is 0 Å². The van der Waals surface area contributed by atoms with Gasteiger partial charge in [-0.15, -0.1) is 17.5 Å². The highest BCUT2D eigenvalue weighted by atomic mass is 127. The van der Waals surface area contributed by atoms with Gasteiger partial charge in [0, 0.05) is 113 Å². The Morgan fingerprint density at radius 2 is 0.512 bits per heavy atom. The third-order valence-electron chi connectivity index (χ3n) is 21.3. The second kappa shape index (κ2) is 57.3. The molecular formula is C114H139IN6O2Si2. The van der Waals surface area contributed by atoms with Crippen LogP contribution < -0.4 is 0 Å². The van der Waals surface area contributed by atoms with Crippen LogP contribution in [0.25, 0.3) is 0 Å². The highest BCUT2D eigenvalue weighted by Gasteiger charge is 2.43. The Bertz CT molecular complexity index is 5340. The Labute approximate surface area is 774 Å². The topological polar surface area (TPSA) is 118 Å². The first-order valence-electron chi connectivity index (χ1n) is 45.7. The van der Waals surface area contributed by atoms with Crippen molar-refractivity contribution in [1.29, 1.82) is 0 Å². The number of rotatable bonds is 26. The zero-order valence-electron chi connectivity index (χ0n) is 80.0. The van der Waals surface area contributed by atoms with E-state index in [0.717, 1.165) is 194 Å². The van der Waals surface area contributed by atoms with Gasteiger partial charge in [-0.1, -0.05) is 296 Å². The van der Waals surface area contributed by atoms with Gasteiger partial charge in [-0.05, 0) is 251 Å². The summed E-state index contributed by atoms with van der Waals surface area (Å²) in [6.45, 7) is 52.2. The lowest BCUT2D eigenvalue weighted by atomic mass is 9.98. The molecule has 0 spiro atoms. The molecule has 0 unspecified atom stereocenters. The van der Waals surface area contributed by atoms with Crippen LogP contribution in [0.15, 0.2) is 153 Å². The molecule has 652 valence electrons. The SMILES string of the molecule is C#Cc1ccc(C#C/C(CCC)=C(/C#Cc2ccc(C#CC(C)(C)O)cn2)CCCC)cn1.CCCC/C(C#Cc1ccc(C#C/C(CCC)=C(/C#Cc2ccc(C#CC(C)(C)O)cn2)CCCC)cn1)=C(\C#Cc1ccc(C#C[Si](C(C)C)(C(C)C)C(C)C)nc1)CCC.CCCC/C(I)=C(\C#Cc1ccc(C#C[Si](C(C)C)(C(C)C)C(C)C)nc1)CCC. The summed E-state index contributed by atoms with van der Waals surface area (Å²) in [6.07, 6.45) is 36.3. The number of aromatic nitrogens is 6. The molecule has 6 rings (SSSR count). The van der Waals surface area contributed by atoms with Gasteiger partial charge in [-0.2, -0.15) is 0 Å². The number of allylic oxidation sites excluding steroid dienone is 8. The number of halogens is 1. The van der Waals surface area contributed by atoms with Gasteiger partial charge in [0.2, 0.25) is 0 Å². The maximum Gasteiger partial charge on any atom is 0.146 e. The molecule has 0 aromatic carbocycles. The third-order valence-corrected chi connectivity index (χ3v) is 35.0. The summed E-state index contributed by atoms with van der Waals surface area (Å²) in [5.74, 6) is 67.9. The first kappa shape index (κ1) is 107. The summed E-state index contributed by atoms with van der Waals surface area (Å²) < 4.78 is 1.41. The Morgan fingerprint density at radius 1 is 0.296 bits per heavy atom.